The summed E-state index contributed by atoms with van der Waals surface area (Å²) in [7, 11) is 0. The molecular formula is C20H18F3N5O2. The molecule has 0 atom stereocenters. The normalized spacial score (nSPS) is 13.8. The molecule has 0 unspecified atom stereocenters. The molecule has 10 heteroatoms. The lowest BCUT2D eigenvalue weighted by atomic mass is 10.1. The van der Waals surface area contributed by atoms with E-state index in [0.717, 1.165) is 29.4 Å². The molecule has 4 rings (SSSR count). The number of carbonyl (C=O) groups excluding carboxylic acids is 2. The van der Waals surface area contributed by atoms with Crippen molar-refractivity contribution in [3.05, 3.63) is 42.7 Å². The Labute approximate surface area is 169 Å². The van der Waals surface area contributed by atoms with Gasteiger partial charge in [0.1, 0.15) is 12.4 Å². The number of aromatic nitrogens is 2. The van der Waals surface area contributed by atoms with Crippen molar-refractivity contribution in [1.29, 1.82) is 0 Å². The Morgan fingerprint density at radius 1 is 1.17 bits per heavy atom. The molecule has 3 aromatic rings. The van der Waals surface area contributed by atoms with Crippen LogP contribution in [0.15, 0.2) is 42.7 Å². The summed E-state index contributed by atoms with van der Waals surface area (Å²) in [5.74, 6) is 0.454. The van der Waals surface area contributed by atoms with E-state index in [2.05, 4.69) is 20.6 Å². The van der Waals surface area contributed by atoms with Crippen LogP contribution in [0.3, 0.4) is 0 Å². The van der Waals surface area contributed by atoms with Crippen LogP contribution in [-0.2, 0) is 4.79 Å². The first-order chi connectivity index (χ1) is 14.3. The van der Waals surface area contributed by atoms with Gasteiger partial charge in [0.2, 0.25) is 5.91 Å². The van der Waals surface area contributed by atoms with Crippen molar-refractivity contribution < 1.29 is 22.8 Å². The third-order valence-electron chi connectivity index (χ3n) is 4.68. The number of aromatic amines is 1. The van der Waals surface area contributed by atoms with Crippen LogP contribution < -0.4 is 16.0 Å². The van der Waals surface area contributed by atoms with E-state index in [9.17, 15) is 22.8 Å². The van der Waals surface area contributed by atoms with E-state index in [0.29, 0.717) is 17.0 Å². The van der Waals surface area contributed by atoms with Gasteiger partial charge in [-0.3, -0.25) is 4.79 Å². The summed E-state index contributed by atoms with van der Waals surface area (Å²) in [6.45, 7) is -1.42. The molecule has 0 aliphatic heterocycles. The summed E-state index contributed by atoms with van der Waals surface area (Å²) in [5, 5.41) is 7.76. The first kappa shape index (κ1) is 19.7. The van der Waals surface area contributed by atoms with E-state index in [1.54, 1.807) is 42.0 Å². The zero-order chi connectivity index (χ0) is 21.3. The largest absolute Gasteiger partial charge is 0.405 e. The Hall–Kier alpha value is -3.56. The predicted molar refractivity (Wildman–Crippen MR) is 106 cm³/mol. The van der Waals surface area contributed by atoms with Crippen molar-refractivity contribution in [2.24, 2.45) is 5.92 Å². The summed E-state index contributed by atoms with van der Waals surface area (Å²) in [5.41, 5.74) is 2.50. The average Bonchev–Trinajstić information content (AvgIpc) is 3.46. The van der Waals surface area contributed by atoms with E-state index in [4.69, 9.17) is 0 Å². The standard InChI is InChI=1S/C20H18F3N5O2/c21-20(22,23)10-26-19(30)27-15-3-1-2-13-14(9-25-17(13)15)12-6-7-24-16(8-12)28-18(29)11-4-5-11/h1-3,6-9,11,25H,4-5,10H2,(H,24,28,29)(H2,26,27,30). The lowest BCUT2D eigenvalue weighted by Crippen LogP contribution is -2.36. The van der Waals surface area contributed by atoms with E-state index >= 15 is 0 Å². The van der Waals surface area contributed by atoms with Crippen LogP contribution in [0, 0.1) is 5.92 Å². The topological polar surface area (TPSA) is 98.9 Å². The summed E-state index contributed by atoms with van der Waals surface area (Å²) < 4.78 is 36.8. The monoisotopic (exact) mass is 417 g/mol. The molecule has 1 aliphatic rings. The van der Waals surface area contributed by atoms with Crippen molar-refractivity contribution >= 4 is 34.3 Å². The van der Waals surface area contributed by atoms with Crippen LogP contribution >= 0.6 is 0 Å². The van der Waals surface area contributed by atoms with E-state index in [-0.39, 0.29) is 11.8 Å². The van der Waals surface area contributed by atoms with Gasteiger partial charge < -0.3 is 20.9 Å². The van der Waals surface area contributed by atoms with Crippen LogP contribution in [0.2, 0.25) is 0 Å². The van der Waals surface area contributed by atoms with Gasteiger partial charge in [0.05, 0.1) is 11.2 Å². The quantitative estimate of drug-likeness (QED) is 0.499. The Morgan fingerprint density at radius 2 is 1.97 bits per heavy atom. The lowest BCUT2D eigenvalue weighted by Gasteiger charge is -2.10. The number of para-hydroxylation sites is 1. The number of rotatable bonds is 5. The maximum atomic E-state index is 12.3. The molecule has 1 saturated carbocycles. The number of halogens is 3. The molecule has 2 heterocycles. The van der Waals surface area contributed by atoms with Gasteiger partial charge >= 0.3 is 12.2 Å². The van der Waals surface area contributed by atoms with Gasteiger partial charge in [0, 0.05) is 29.3 Å². The number of alkyl halides is 3. The fourth-order valence-electron chi connectivity index (χ4n) is 3.08. The molecular weight excluding hydrogens is 399 g/mol. The minimum atomic E-state index is -4.49. The highest BCUT2D eigenvalue weighted by molar-refractivity contribution is 6.05. The Morgan fingerprint density at radius 3 is 2.70 bits per heavy atom. The fourth-order valence-corrected chi connectivity index (χ4v) is 3.08. The van der Waals surface area contributed by atoms with Gasteiger partial charge in [-0.2, -0.15) is 13.2 Å². The first-order valence-electron chi connectivity index (χ1n) is 9.29. The van der Waals surface area contributed by atoms with Crippen molar-refractivity contribution in [3.63, 3.8) is 0 Å². The molecule has 0 spiro atoms. The predicted octanol–water partition coefficient (Wildman–Crippen LogP) is 4.26. The third-order valence-corrected chi connectivity index (χ3v) is 4.68. The first-order valence-corrected chi connectivity index (χ1v) is 9.29. The van der Waals surface area contributed by atoms with Gasteiger partial charge in [-0.05, 0) is 36.6 Å². The van der Waals surface area contributed by atoms with Crippen LogP contribution in [-0.4, -0.2) is 34.6 Å². The summed E-state index contributed by atoms with van der Waals surface area (Å²) in [6, 6.07) is 7.68. The molecule has 1 fully saturated rings. The van der Waals surface area contributed by atoms with Gasteiger partial charge in [0.15, 0.2) is 0 Å². The molecule has 0 saturated heterocycles. The molecule has 7 nitrogen and oxygen atoms in total. The van der Waals surface area contributed by atoms with E-state index in [1.165, 1.54) is 0 Å². The summed E-state index contributed by atoms with van der Waals surface area (Å²) >= 11 is 0. The van der Waals surface area contributed by atoms with Crippen molar-refractivity contribution in [3.8, 4) is 11.1 Å². The molecule has 0 radical (unpaired) electrons. The molecule has 4 N–H and O–H groups in total. The number of hydrogen-bond acceptors (Lipinski definition) is 3. The zero-order valence-electron chi connectivity index (χ0n) is 15.6. The number of amides is 3. The molecule has 3 amide bonds. The molecule has 156 valence electrons. The van der Waals surface area contributed by atoms with Crippen LogP contribution in [0.1, 0.15) is 12.8 Å². The number of urea groups is 1. The second-order valence-electron chi connectivity index (χ2n) is 7.05. The molecule has 1 aliphatic carbocycles. The minimum Gasteiger partial charge on any atom is -0.359 e. The zero-order valence-corrected chi connectivity index (χ0v) is 15.6. The molecule has 2 aromatic heterocycles. The molecule has 0 bridgehead atoms. The number of benzene rings is 1. The van der Waals surface area contributed by atoms with Crippen LogP contribution in [0.4, 0.5) is 29.5 Å². The van der Waals surface area contributed by atoms with Crippen molar-refractivity contribution in [2.45, 2.75) is 19.0 Å². The SMILES string of the molecule is O=C(NCC(F)(F)F)Nc1cccc2c(-c3ccnc(NC(=O)C4CC4)c3)c[nH]c12. The van der Waals surface area contributed by atoms with Gasteiger partial charge in [-0.15, -0.1) is 0 Å². The number of fused-ring (bicyclic) bond motifs is 1. The maximum absolute atomic E-state index is 12.3. The Kier molecular flexibility index (Phi) is 5.06. The molecule has 30 heavy (non-hydrogen) atoms. The lowest BCUT2D eigenvalue weighted by molar-refractivity contribution is -0.122. The van der Waals surface area contributed by atoms with Crippen LogP contribution in [0.5, 0.6) is 0 Å². The number of pyridine rings is 1. The fraction of sp³-hybridized carbons (Fsp3) is 0.250. The Balaban J connectivity index is 1.56. The second kappa shape index (κ2) is 7.69. The smallest absolute Gasteiger partial charge is 0.359 e. The van der Waals surface area contributed by atoms with Crippen molar-refractivity contribution in [2.75, 3.05) is 17.2 Å². The number of nitrogens with zero attached hydrogens (tertiary/aromatic N) is 1. The van der Waals surface area contributed by atoms with Crippen molar-refractivity contribution in [1.82, 2.24) is 15.3 Å². The Bertz CT molecular complexity index is 1110. The number of hydrogen-bond donors (Lipinski definition) is 4. The van der Waals surface area contributed by atoms with Crippen LogP contribution in [0.25, 0.3) is 22.0 Å². The summed E-state index contributed by atoms with van der Waals surface area (Å²) in [4.78, 5) is 31.0. The minimum absolute atomic E-state index is 0.0464. The number of anilines is 2. The maximum Gasteiger partial charge on any atom is 0.405 e. The highest BCUT2D eigenvalue weighted by Crippen LogP contribution is 2.34. The highest BCUT2D eigenvalue weighted by Gasteiger charge is 2.30. The summed E-state index contributed by atoms with van der Waals surface area (Å²) in [6.07, 6.45) is 0.603. The highest BCUT2D eigenvalue weighted by atomic mass is 19.4. The third kappa shape index (κ3) is 4.53. The van der Waals surface area contributed by atoms with E-state index in [1.807, 2.05) is 6.07 Å². The number of H-pyrrole nitrogens is 1. The average molecular weight is 417 g/mol. The number of nitrogens with one attached hydrogen (secondary N) is 4. The second-order valence-corrected chi connectivity index (χ2v) is 7.05. The van der Waals surface area contributed by atoms with E-state index < -0.39 is 18.8 Å². The van der Waals surface area contributed by atoms with Gasteiger partial charge in [-0.25, -0.2) is 9.78 Å². The van der Waals surface area contributed by atoms with Gasteiger partial charge in [0.25, 0.3) is 0 Å². The molecule has 1 aromatic carbocycles. The van der Waals surface area contributed by atoms with Gasteiger partial charge in [-0.1, -0.05) is 12.1 Å². The number of carbonyl (C=O) groups is 2.